The first-order valence-corrected chi connectivity index (χ1v) is 8.59. The Bertz CT molecular complexity index is 926. The summed E-state index contributed by atoms with van der Waals surface area (Å²) in [4.78, 5) is 21.5. The highest BCUT2D eigenvalue weighted by molar-refractivity contribution is 7.21. The monoisotopic (exact) mass is 377 g/mol. The lowest BCUT2D eigenvalue weighted by Crippen LogP contribution is -2.11. The van der Waals surface area contributed by atoms with Gasteiger partial charge in [0.25, 0.3) is 5.91 Å². The van der Waals surface area contributed by atoms with E-state index in [1.807, 2.05) is 12.1 Å². The van der Waals surface area contributed by atoms with Crippen LogP contribution in [0.25, 0.3) is 21.5 Å². The van der Waals surface area contributed by atoms with Crippen molar-refractivity contribution in [2.45, 2.75) is 0 Å². The second-order valence-corrected chi connectivity index (χ2v) is 6.65. The van der Waals surface area contributed by atoms with Crippen molar-refractivity contribution in [2.24, 2.45) is 5.73 Å². The van der Waals surface area contributed by atoms with E-state index < -0.39 is 5.91 Å². The fourth-order valence-electron chi connectivity index (χ4n) is 2.37. The molecule has 0 atom stereocenters. The maximum Gasteiger partial charge on any atom is 0.260 e. The summed E-state index contributed by atoms with van der Waals surface area (Å²) in [6, 6.07) is 7.20. The number of ether oxygens (including phenoxy) is 1. The number of nitrogen functional groups attached to an aromatic ring is 1. The van der Waals surface area contributed by atoms with Crippen LogP contribution in [0.3, 0.4) is 0 Å². The first-order chi connectivity index (χ1) is 12.0. The Labute approximate surface area is 153 Å². The quantitative estimate of drug-likeness (QED) is 0.569. The molecule has 5 N–H and O–H groups in total. The first-order valence-electron chi connectivity index (χ1n) is 7.39. The first kappa shape index (κ1) is 17.4. The van der Waals surface area contributed by atoms with Crippen molar-refractivity contribution in [3.63, 3.8) is 0 Å². The zero-order valence-electron chi connectivity index (χ0n) is 13.4. The summed E-state index contributed by atoms with van der Waals surface area (Å²) >= 11 is 7.12. The number of fused-ring (bicyclic) bond motifs is 1. The lowest BCUT2D eigenvalue weighted by atomic mass is 10.1. The number of primary amides is 1. The summed E-state index contributed by atoms with van der Waals surface area (Å²) in [6.07, 6.45) is 0. The predicted octanol–water partition coefficient (Wildman–Crippen LogP) is 2.75. The highest BCUT2D eigenvalue weighted by Crippen LogP contribution is 2.39. The van der Waals surface area contributed by atoms with E-state index >= 15 is 0 Å². The molecule has 2 aromatic heterocycles. The van der Waals surface area contributed by atoms with E-state index in [0.717, 1.165) is 16.9 Å². The molecule has 2 heterocycles. The Morgan fingerprint density at radius 1 is 1.32 bits per heavy atom. The molecule has 0 spiro atoms. The van der Waals surface area contributed by atoms with E-state index in [2.05, 4.69) is 15.3 Å². The molecule has 7 nitrogen and oxygen atoms in total. The number of benzene rings is 1. The van der Waals surface area contributed by atoms with Gasteiger partial charge in [-0.25, -0.2) is 9.97 Å². The fourth-order valence-corrected chi connectivity index (χ4v) is 3.44. The van der Waals surface area contributed by atoms with Gasteiger partial charge in [-0.15, -0.1) is 11.3 Å². The molecule has 0 aliphatic carbocycles. The molecule has 3 aromatic rings. The Hall–Kier alpha value is -2.42. The van der Waals surface area contributed by atoms with Crippen molar-refractivity contribution in [3.05, 3.63) is 34.2 Å². The third kappa shape index (κ3) is 3.51. The maximum atomic E-state index is 11.6. The van der Waals surface area contributed by atoms with Crippen molar-refractivity contribution in [1.82, 2.24) is 9.97 Å². The van der Waals surface area contributed by atoms with E-state index in [9.17, 15) is 4.79 Å². The van der Waals surface area contributed by atoms with Crippen molar-refractivity contribution in [3.8, 4) is 11.3 Å². The maximum absolute atomic E-state index is 11.6. The van der Waals surface area contributed by atoms with Gasteiger partial charge in [-0.05, 0) is 12.1 Å². The highest BCUT2D eigenvalue weighted by atomic mass is 35.5. The number of amides is 1. The molecule has 9 heteroatoms. The number of carbonyl (C=O) groups excluding carboxylic acids is 1. The smallest absolute Gasteiger partial charge is 0.260 e. The number of anilines is 2. The van der Waals surface area contributed by atoms with Gasteiger partial charge in [-0.2, -0.15) is 0 Å². The van der Waals surface area contributed by atoms with Crippen molar-refractivity contribution in [1.29, 1.82) is 0 Å². The molecule has 0 unspecified atom stereocenters. The molecule has 1 amide bonds. The molecule has 130 valence electrons. The van der Waals surface area contributed by atoms with Crippen LogP contribution in [0.5, 0.6) is 0 Å². The van der Waals surface area contributed by atoms with Gasteiger partial charge in [0.15, 0.2) is 0 Å². The van der Waals surface area contributed by atoms with Crippen LogP contribution in [0.4, 0.5) is 11.6 Å². The number of halogens is 1. The largest absolute Gasteiger partial charge is 0.397 e. The van der Waals surface area contributed by atoms with E-state index in [-0.39, 0.29) is 4.88 Å². The Morgan fingerprint density at radius 2 is 2.04 bits per heavy atom. The number of aromatic nitrogens is 2. The molecular weight excluding hydrogens is 362 g/mol. The number of carbonyl (C=O) groups is 1. The SMILES string of the molecule is COCCNc1nc(-c2ccc(Cl)cc2)c2c(N)c(C(N)=O)sc2n1. The molecular formula is C16H16ClN5O2S. The van der Waals surface area contributed by atoms with E-state index in [1.54, 1.807) is 19.2 Å². The predicted molar refractivity (Wildman–Crippen MR) is 101 cm³/mol. The van der Waals surface area contributed by atoms with Crippen LogP contribution in [0.2, 0.25) is 5.02 Å². The molecule has 0 bridgehead atoms. The number of rotatable bonds is 6. The molecule has 0 saturated heterocycles. The van der Waals surface area contributed by atoms with Gasteiger partial charge in [-0.3, -0.25) is 4.79 Å². The third-order valence-electron chi connectivity index (χ3n) is 3.52. The number of nitrogens with zero attached hydrogens (tertiary/aromatic N) is 2. The lowest BCUT2D eigenvalue weighted by molar-refractivity contribution is 0.100. The van der Waals surface area contributed by atoms with Gasteiger partial charge < -0.3 is 21.5 Å². The minimum Gasteiger partial charge on any atom is -0.397 e. The summed E-state index contributed by atoms with van der Waals surface area (Å²) in [5.74, 6) is -0.164. The number of nitrogens with one attached hydrogen (secondary N) is 1. The molecule has 3 rings (SSSR count). The molecule has 25 heavy (non-hydrogen) atoms. The van der Waals surface area contributed by atoms with Gasteiger partial charge in [0.05, 0.1) is 23.4 Å². The zero-order chi connectivity index (χ0) is 18.0. The number of hydrogen-bond donors (Lipinski definition) is 3. The zero-order valence-corrected chi connectivity index (χ0v) is 14.9. The van der Waals surface area contributed by atoms with E-state index in [1.165, 1.54) is 0 Å². The van der Waals surface area contributed by atoms with Crippen LogP contribution in [0.1, 0.15) is 9.67 Å². The van der Waals surface area contributed by atoms with Gasteiger partial charge in [0.2, 0.25) is 5.95 Å². The summed E-state index contributed by atoms with van der Waals surface area (Å²) in [7, 11) is 1.62. The van der Waals surface area contributed by atoms with Crippen molar-refractivity contribution in [2.75, 3.05) is 31.3 Å². The number of hydrogen-bond acceptors (Lipinski definition) is 7. The molecule has 0 aliphatic heterocycles. The van der Waals surface area contributed by atoms with E-state index in [0.29, 0.717) is 45.7 Å². The number of thiophene rings is 1. The molecule has 0 saturated carbocycles. The number of methoxy groups -OCH3 is 1. The van der Waals surface area contributed by atoms with Crippen LogP contribution in [-0.2, 0) is 4.74 Å². The Kier molecular flexibility index (Phi) is 5.03. The average Bonchev–Trinajstić information content (AvgIpc) is 2.92. The summed E-state index contributed by atoms with van der Waals surface area (Å²) in [6.45, 7) is 1.06. The number of nitrogens with two attached hydrogens (primary N) is 2. The minimum absolute atomic E-state index is 0.272. The van der Waals surface area contributed by atoms with Crippen LogP contribution >= 0.6 is 22.9 Å². The van der Waals surface area contributed by atoms with Crippen molar-refractivity contribution >= 4 is 50.7 Å². The Balaban J connectivity index is 2.19. The topological polar surface area (TPSA) is 116 Å². The third-order valence-corrected chi connectivity index (χ3v) is 4.89. The summed E-state index contributed by atoms with van der Waals surface area (Å²) in [5, 5.41) is 4.32. The Morgan fingerprint density at radius 3 is 2.68 bits per heavy atom. The highest BCUT2D eigenvalue weighted by Gasteiger charge is 2.20. The molecule has 0 fully saturated rings. The average molecular weight is 378 g/mol. The van der Waals surface area contributed by atoms with Crippen LogP contribution in [0, 0.1) is 0 Å². The van der Waals surface area contributed by atoms with Gasteiger partial charge in [0, 0.05) is 24.2 Å². The normalized spacial score (nSPS) is 11.0. The second kappa shape index (κ2) is 7.22. The fraction of sp³-hybridized carbons (Fsp3) is 0.188. The van der Waals surface area contributed by atoms with Crippen molar-refractivity contribution < 1.29 is 9.53 Å². The van der Waals surface area contributed by atoms with E-state index in [4.69, 9.17) is 27.8 Å². The molecule has 0 aliphatic rings. The lowest BCUT2D eigenvalue weighted by Gasteiger charge is -2.09. The molecule has 0 radical (unpaired) electrons. The van der Waals surface area contributed by atoms with Crippen LogP contribution < -0.4 is 16.8 Å². The van der Waals surface area contributed by atoms with Gasteiger partial charge >= 0.3 is 0 Å². The minimum atomic E-state index is -0.587. The molecule has 1 aromatic carbocycles. The standard InChI is InChI=1S/C16H16ClN5O2S/c1-24-7-6-20-16-21-12(8-2-4-9(17)5-3-8)10-11(18)13(14(19)23)25-15(10)22-16/h2-5H,6-7,18H2,1H3,(H2,19,23)(H,20,21,22). The summed E-state index contributed by atoms with van der Waals surface area (Å²) < 4.78 is 5.02. The second-order valence-electron chi connectivity index (χ2n) is 5.21. The van der Waals surface area contributed by atoms with Gasteiger partial charge in [-0.1, -0.05) is 23.7 Å². The van der Waals surface area contributed by atoms with Gasteiger partial charge in [0.1, 0.15) is 9.71 Å². The van der Waals surface area contributed by atoms with Crippen LogP contribution in [0.15, 0.2) is 24.3 Å². The summed E-state index contributed by atoms with van der Waals surface area (Å²) in [5.41, 5.74) is 13.3. The van der Waals surface area contributed by atoms with Crippen LogP contribution in [-0.4, -0.2) is 36.1 Å².